The number of methoxy groups -OCH3 is 2. The van der Waals surface area contributed by atoms with Gasteiger partial charge in [-0.05, 0) is 96.5 Å². The average molecular weight is 439 g/mol. The summed E-state index contributed by atoms with van der Waals surface area (Å²) in [6.07, 6.45) is 3.85. The molecule has 0 aromatic heterocycles. The predicted octanol–water partition coefficient (Wildman–Crippen LogP) is 7.07. The third-order valence-electron chi connectivity index (χ3n) is 5.73. The lowest BCUT2D eigenvalue weighted by atomic mass is 10.0. The van der Waals surface area contributed by atoms with Gasteiger partial charge in [0, 0.05) is 0 Å². The molecule has 0 spiro atoms. The second kappa shape index (κ2) is 11.2. The molecule has 4 rings (SSSR count). The minimum atomic E-state index is 0.866. The molecule has 0 bridgehead atoms. The van der Waals surface area contributed by atoms with Gasteiger partial charge in [-0.15, -0.1) is 0 Å². The lowest BCUT2D eigenvalue weighted by molar-refractivity contribution is 0.414. The van der Waals surface area contributed by atoms with Gasteiger partial charge < -0.3 is 14.2 Å². The molecule has 4 aromatic rings. The van der Waals surface area contributed by atoms with Gasteiger partial charge in [0.2, 0.25) is 0 Å². The zero-order chi connectivity index (χ0) is 22.9. The van der Waals surface area contributed by atoms with E-state index in [2.05, 4.69) is 60.7 Å². The van der Waals surface area contributed by atoms with E-state index in [1.165, 1.54) is 22.3 Å². The fourth-order valence-corrected chi connectivity index (χ4v) is 3.86. The molecular weight excluding hydrogens is 408 g/mol. The molecule has 0 aliphatic heterocycles. The van der Waals surface area contributed by atoms with E-state index in [4.69, 9.17) is 14.2 Å². The molecule has 0 aliphatic carbocycles. The fraction of sp³-hybridized carbons (Fsp3) is 0.200. The van der Waals surface area contributed by atoms with Crippen molar-refractivity contribution in [2.24, 2.45) is 0 Å². The Morgan fingerprint density at radius 3 is 1.33 bits per heavy atom. The molecule has 168 valence electrons. The van der Waals surface area contributed by atoms with Crippen molar-refractivity contribution in [2.45, 2.75) is 25.7 Å². The van der Waals surface area contributed by atoms with Crippen LogP contribution in [0.5, 0.6) is 23.0 Å². The highest BCUT2D eigenvalue weighted by atomic mass is 16.5. The van der Waals surface area contributed by atoms with Crippen LogP contribution in [0.4, 0.5) is 0 Å². The average Bonchev–Trinajstić information content (AvgIpc) is 2.87. The highest BCUT2D eigenvalue weighted by Crippen LogP contribution is 2.25. The molecule has 0 amide bonds. The second-order valence-corrected chi connectivity index (χ2v) is 8.10. The first-order chi connectivity index (χ1) is 16.2. The van der Waals surface area contributed by atoms with Gasteiger partial charge in [0.05, 0.1) is 14.2 Å². The minimum absolute atomic E-state index is 0.866. The maximum absolute atomic E-state index is 6.19. The van der Waals surface area contributed by atoms with Crippen molar-refractivity contribution in [3.05, 3.63) is 119 Å². The van der Waals surface area contributed by atoms with E-state index in [-0.39, 0.29) is 0 Å². The topological polar surface area (TPSA) is 27.7 Å². The summed E-state index contributed by atoms with van der Waals surface area (Å²) in [6, 6.07) is 33.2. The van der Waals surface area contributed by atoms with Crippen molar-refractivity contribution in [2.75, 3.05) is 14.2 Å². The van der Waals surface area contributed by atoms with Crippen LogP contribution in [-0.4, -0.2) is 14.2 Å². The maximum atomic E-state index is 6.19. The number of ether oxygens (including phenoxy) is 3. The van der Waals surface area contributed by atoms with E-state index >= 15 is 0 Å². The lowest BCUT2D eigenvalue weighted by Crippen LogP contribution is -1.94. The summed E-state index contributed by atoms with van der Waals surface area (Å²) in [5.41, 5.74) is 5.08. The highest BCUT2D eigenvalue weighted by molar-refractivity contribution is 5.37. The molecule has 0 atom stereocenters. The van der Waals surface area contributed by atoms with E-state index < -0.39 is 0 Å². The van der Waals surface area contributed by atoms with E-state index in [0.29, 0.717) is 0 Å². The predicted molar refractivity (Wildman–Crippen MR) is 134 cm³/mol. The molecule has 0 saturated heterocycles. The maximum Gasteiger partial charge on any atom is 0.127 e. The Bertz CT molecular complexity index is 1170. The summed E-state index contributed by atoms with van der Waals surface area (Å²) in [5.74, 6) is 3.52. The van der Waals surface area contributed by atoms with Gasteiger partial charge in [-0.2, -0.15) is 0 Å². The van der Waals surface area contributed by atoms with Gasteiger partial charge >= 0.3 is 0 Å². The summed E-state index contributed by atoms with van der Waals surface area (Å²) >= 11 is 0. The summed E-state index contributed by atoms with van der Waals surface area (Å²) < 4.78 is 16.8. The monoisotopic (exact) mass is 438 g/mol. The molecular formula is C30H30O3. The van der Waals surface area contributed by atoms with E-state index in [1.807, 2.05) is 36.4 Å². The van der Waals surface area contributed by atoms with Crippen LogP contribution in [0.25, 0.3) is 0 Å². The van der Waals surface area contributed by atoms with Crippen LogP contribution in [-0.2, 0) is 25.7 Å². The highest BCUT2D eigenvalue weighted by Gasteiger charge is 2.04. The first kappa shape index (κ1) is 22.5. The molecule has 0 saturated carbocycles. The van der Waals surface area contributed by atoms with E-state index in [9.17, 15) is 0 Å². The van der Waals surface area contributed by atoms with Crippen molar-refractivity contribution in [3.8, 4) is 23.0 Å². The van der Waals surface area contributed by atoms with Crippen LogP contribution in [0.2, 0.25) is 0 Å². The summed E-state index contributed by atoms with van der Waals surface area (Å²) in [4.78, 5) is 0. The molecule has 0 aliphatic rings. The normalized spacial score (nSPS) is 10.6. The smallest absolute Gasteiger partial charge is 0.127 e. The van der Waals surface area contributed by atoms with Crippen LogP contribution in [0.1, 0.15) is 22.3 Å². The molecule has 0 fully saturated rings. The molecule has 0 heterocycles. The minimum Gasteiger partial charge on any atom is -0.497 e. The quantitative estimate of drug-likeness (QED) is 0.265. The van der Waals surface area contributed by atoms with E-state index in [0.717, 1.165) is 48.7 Å². The summed E-state index contributed by atoms with van der Waals surface area (Å²) in [6.45, 7) is 0. The number of hydrogen-bond donors (Lipinski definition) is 0. The Morgan fingerprint density at radius 1 is 0.424 bits per heavy atom. The van der Waals surface area contributed by atoms with Crippen molar-refractivity contribution < 1.29 is 14.2 Å². The van der Waals surface area contributed by atoms with Crippen LogP contribution in [0, 0.1) is 0 Å². The molecule has 3 heteroatoms. The largest absolute Gasteiger partial charge is 0.497 e. The molecule has 0 N–H and O–H groups in total. The number of rotatable bonds is 10. The van der Waals surface area contributed by atoms with Gasteiger partial charge in [0.25, 0.3) is 0 Å². The molecule has 4 aromatic carbocycles. The van der Waals surface area contributed by atoms with Crippen molar-refractivity contribution in [3.63, 3.8) is 0 Å². The zero-order valence-electron chi connectivity index (χ0n) is 19.3. The fourth-order valence-electron chi connectivity index (χ4n) is 3.86. The number of aryl methyl sites for hydroxylation is 4. The van der Waals surface area contributed by atoms with Gasteiger partial charge in [-0.25, -0.2) is 0 Å². The number of benzene rings is 4. The van der Waals surface area contributed by atoms with Crippen LogP contribution in [0.15, 0.2) is 97.1 Å². The first-order valence-corrected chi connectivity index (χ1v) is 11.3. The van der Waals surface area contributed by atoms with E-state index in [1.54, 1.807) is 14.2 Å². The van der Waals surface area contributed by atoms with Gasteiger partial charge in [-0.3, -0.25) is 0 Å². The number of hydrogen-bond acceptors (Lipinski definition) is 3. The Hall–Kier alpha value is -3.72. The SMILES string of the molecule is COc1ccc(CCc2cccc(Oc3cccc(CCc4cccc(OC)c4)c3)c2)cc1. The summed E-state index contributed by atoms with van der Waals surface area (Å²) in [5, 5.41) is 0. The third-order valence-corrected chi connectivity index (χ3v) is 5.73. The van der Waals surface area contributed by atoms with Gasteiger partial charge in [0.1, 0.15) is 23.0 Å². The van der Waals surface area contributed by atoms with Crippen molar-refractivity contribution in [1.82, 2.24) is 0 Å². The Morgan fingerprint density at radius 2 is 0.848 bits per heavy atom. The molecule has 33 heavy (non-hydrogen) atoms. The van der Waals surface area contributed by atoms with Gasteiger partial charge in [0.15, 0.2) is 0 Å². The van der Waals surface area contributed by atoms with Crippen LogP contribution in [0.3, 0.4) is 0 Å². The van der Waals surface area contributed by atoms with Crippen molar-refractivity contribution >= 4 is 0 Å². The Kier molecular flexibility index (Phi) is 7.65. The lowest BCUT2D eigenvalue weighted by Gasteiger charge is -2.10. The van der Waals surface area contributed by atoms with Crippen LogP contribution < -0.4 is 14.2 Å². The molecule has 0 unspecified atom stereocenters. The third kappa shape index (κ3) is 6.63. The zero-order valence-corrected chi connectivity index (χ0v) is 19.3. The van der Waals surface area contributed by atoms with Crippen LogP contribution >= 0.6 is 0 Å². The standard InChI is InChI=1S/C30H30O3/c1-31-27-18-16-23(17-19-27)12-13-25-7-4-10-29(21-25)33-30-11-5-8-26(22-30)15-14-24-6-3-9-28(20-24)32-2/h3-11,16-22H,12-15H2,1-2H3. The molecule has 0 radical (unpaired) electrons. The first-order valence-electron chi connectivity index (χ1n) is 11.3. The second-order valence-electron chi connectivity index (χ2n) is 8.10. The Labute approximate surface area is 196 Å². The molecule has 3 nitrogen and oxygen atoms in total. The van der Waals surface area contributed by atoms with Crippen molar-refractivity contribution in [1.29, 1.82) is 0 Å². The van der Waals surface area contributed by atoms with Gasteiger partial charge in [-0.1, -0.05) is 48.5 Å². The summed E-state index contributed by atoms with van der Waals surface area (Å²) in [7, 11) is 3.39. The Balaban J connectivity index is 1.35.